The van der Waals surface area contributed by atoms with Gasteiger partial charge in [0.15, 0.2) is 0 Å². The molecule has 126 valence electrons. The molecule has 0 aliphatic carbocycles. The number of rotatable bonds is 6. The van der Waals surface area contributed by atoms with E-state index in [1.807, 2.05) is 11.4 Å². The average Bonchev–Trinajstić information content (AvgIpc) is 3.26. The lowest BCUT2D eigenvalue weighted by Crippen LogP contribution is -2.35. The third-order valence-corrected chi connectivity index (χ3v) is 4.58. The van der Waals surface area contributed by atoms with Gasteiger partial charge < -0.3 is 9.64 Å². The molecule has 1 amide bonds. The number of nitrogens with zero attached hydrogens (tertiary/aromatic N) is 2. The van der Waals surface area contributed by atoms with Crippen LogP contribution in [0.4, 0.5) is 4.39 Å². The third-order valence-electron chi connectivity index (χ3n) is 3.84. The molecule has 0 radical (unpaired) electrons. The minimum absolute atomic E-state index is 0.0516. The first-order valence-electron chi connectivity index (χ1n) is 7.93. The highest BCUT2D eigenvalue weighted by Gasteiger charge is 2.21. The summed E-state index contributed by atoms with van der Waals surface area (Å²) in [6.07, 6.45) is 6.95. The van der Waals surface area contributed by atoms with Crippen LogP contribution in [0, 0.1) is 5.82 Å². The Morgan fingerprint density at radius 3 is 3.12 bits per heavy atom. The Bertz CT molecular complexity index is 697. The summed E-state index contributed by atoms with van der Waals surface area (Å²) < 4.78 is 19.1. The van der Waals surface area contributed by atoms with E-state index in [0.717, 1.165) is 30.0 Å². The highest BCUT2D eigenvalue weighted by atomic mass is 32.1. The largest absolute Gasteiger partial charge is 0.376 e. The summed E-state index contributed by atoms with van der Waals surface area (Å²) in [4.78, 5) is 18.4. The zero-order chi connectivity index (χ0) is 16.8. The number of hydrogen-bond acceptors (Lipinski definition) is 4. The van der Waals surface area contributed by atoms with Crippen LogP contribution >= 0.6 is 11.3 Å². The van der Waals surface area contributed by atoms with Crippen molar-refractivity contribution in [1.29, 1.82) is 0 Å². The lowest BCUT2D eigenvalue weighted by atomic mass is 10.1. The molecule has 0 spiro atoms. The number of benzene rings is 1. The summed E-state index contributed by atoms with van der Waals surface area (Å²) >= 11 is 1.47. The number of aromatic nitrogens is 1. The number of carbonyl (C=O) groups excluding carboxylic acids is 1. The van der Waals surface area contributed by atoms with Crippen molar-refractivity contribution < 1.29 is 13.9 Å². The number of amides is 1. The first-order chi connectivity index (χ1) is 11.7. The van der Waals surface area contributed by atoms with Gasteiger partial charge in [0.25, 0.3) is 0 Å². The monoisotopic (exact) mass is 346 g/mol. The topological polar surface area (TPSA) is 42.4 Å². The van der Waals surface area contributed by atoms with Crippen molar-refractivity contribution in [3.8, 4) is 0 Å². The Morgan fingerprint density at radius 2 is 2.42 bits per heavy atom. The molecule has 1 fully saturated rings. The number of hydrogen-bond donors (Lipinski definition) is 0. The quantitative estimate of drug-likeness (QED) is 0.752. The van der Waals surface area contributed by atoms with E-state index in [0.29, 0.717) is 13.1 Å². The van der Waals surface area contributed by atoms with Crippen LogP contribution in [0.5, 0.6) is 0 Å². The predicted octanol–water partition coefficient (Wildman–Crippen LogP) is 3.50. The van der Waals surface area contributed by atoms with Gasteiger partial charge in [0, 0.05) is 37.3 Å². The maximum Gasteiger partial charge on any atom is 0.247 e. The van der Waals surface area contributed by atoms with Gasteiger partial charge in [0.2, 0.25) is 5.91 Å². The molecule has 1 aliphatic heterocycles. The summed E-state index contributed by atoms with van der Waals surface area (Å²) in [6, 6.07) is 6.34. The minimum atomic E-state index is -0.296. The Labute approximate surface area is 144 Å². The molecule has 4 nitrogen and oxygen atoms in total. The van der Waals surface area contributed by atoms with E-state index < -0.39 is 0 Å². The fourth-order valence-corrected chi connectivity index (χ4v) is 3.22. The molecule has 0 N–H and O–H groups in total. The highest BCUT2D eigenvalue weighted by molar-refractivity contribution is 7.10. The molecule has 1 aliphatic rings. The first-order valence-corrected chi connectivity index (χ1v) is 8.81. The van der Waals surface area contributed by atoms with Crippen LogP contribution in [0.3, 0.4) is 0 Å². The lowest BCUT2D eigenvalue weighted by molar-refractivity contribution is -0.128. The van der Waals surface area contributed by atoms with Crippen LogP contribution in [-0.2, 0) is 16.1 Å². The second kappa shape index (κ2) is 8.17. The van der Waals surface area contributed by atoms with Gasteiger partial charge in [-0.25, -0.2) is 9.37 Å². The summed E-state index contributed by atoms with van der Waals surface area (Å²) in [5.74, 6) is -0.416. The molecular formula is C18H19FN2O2S. The predicted molar refractivity (Wildman–Crippen MR) is 91.9 cm³/mol. The van der Waals surface area contributed by atoms with Gasteiger partial charge in [-0.3, -0.25) is 4.79 Å². The third kappa shape index (κ3) is 4.72. The zero-order valence-corrected chi connectivity index (χ0v) is 14.0. The van der Waals surface area contributed by atoms with Crippen LogP contribution in [0.1, 0.15) is 23.4 Å². The normalized spacial score (nSPS) is 17.5. The number of ether oxygens (including phenoxy) is 1. The molecule has 1 atom stereocenters. The Kier molecular flexibility index (Phi) is 5.72. The summed E-state index contributed by atoms with van der Waals surface area (Å²) in [7, 11) is 0. The molecule has 3 rings (SSSR count). The summed E-state index contributed by atoms with van der Waals surface area (Å²) in [5.41, 5.74) is 0.768. The number of carbonyl (C=O) groups is 1. The van der Waals surface area contributed by atoms with Gasteiger partial charge in [-0.2, -0.15) is 0 Å². The first kappa shape index (κ1) is 16.8. The van der Waals surface area contributed by atoms with Crippen LogP contribution in [0.25, 0.3) is 6.08 Å². The maximum atomic E-state index is 13.4. The van der Waals surface area contributed by atoms with Gasteiger partial charge in [-0.1, -0.05) is 12.1 Å². The Morgan fingerprint density at radius 1 is 1.50 bits per heavy atom. The van der Waals surface area contributed by atoms with Crippen molar-refractivity contribution in [2.45, 2.75) is 25.5 Å². The minimum Gasteiger partial charge on any atom is -0.376 e. The maximum absolute atomic E-state index is 13.4. The molecule has 2 heterocycles. The molecule has 0 bridgehead atoms. The Hall–Kier alpha value is -2.05. The van der Waals surface area contributed by atoms with Gasteiger partial charge in [0.1, 0.15) is 10.8 Å². The fourth-order valence-electron chi connectivity index (χ4n) is 2.69. The number of thiazole rings is 1. The molecule has 0 saturated carbocycles. The van der Waals surface area contributed by atoms with E-state index in [4.69, 9.17) is 4.74 Å². The van der Waals surface area contributed by atoms with Crippen molar-refractivity contribution in [1.82, 2.24) is 9.88 Å². The van der Waals surface area contributed by atoms with E-state index in [1.165, 1.54) is 29.5 Å². The fraction of sp³-hybridized carbons (Fsp3) is 0.333. The van der Waals surface area contributed by atoms with Crippen molar-refractivity contribution in [3.63, 3.8) is 0 Å². The standard InChI is InChI=1S/C18H19FN2O2S/c19-15-4-1-3-14(11-15)12-21(13-16-5-2-9-23-16)18(22)7-6-17-20-8-10-24-17/h1,3-4,6-8,10-11,16H,2,5,9,12-13H2/b7-6+. The van der Waals surface area contributed by atoms with Crippen molar-refractivity contribution >= 4 is 23.3 Å². The molecule has 1 aromatic heterocycles. The zero-order valence-electron chi connectivity index (χ0n) is 13.2. The van der Waals surface area contributed by atoms with Gasteiger partial charge in [0.05, 0.1) is 6.10 Å². The molecule has 1 unspecified atom stereocenters. The molecule has 1 aromatic carbocycles. The molecule has 24 heavy (non-hydrogen) atoms. The van der Waals surface area contributed by atoms with Crippen LogP contribution in [-0.4, -0.2) is 35.0 Å². The van der Waals surface area contributed by atoms with Crippen molar-refractivity contribution in [2.75, 3.05) is 13.2 Å². The van der Waals surface area contributed by atoms with Gasteiger partial charge in [-0.15, -0.1) is 11.3 Å². The van der Waals surface area contributed by atoms with E-state index in [2.05, 4.69) is 4.98 Å². The van der Waals surface area contributed by atoms with E-state index in [-0.39, 0.29) is 17.8 Å². The smallest absolute Gasteiger partial charge is 0.247 e. The highest BCUT2D eigenvalue weighted by Crippen LogP contribution is 2.16. The molecule has 6 heteroatoms. The summed E-state index contributed by atoms with van der Waals surface area (Å²) in [5, 5.41) is 2.65. The number of halogens is 1. The second-order valence-electron chi connectivity index (χ2n) is 5.69. The van der Waals surface area contributed by atoms with Crippen LogP contribution in [0.2, 0.25) is 0 Å². The lowest BCUT2D eigenvalue weighted by Gasteiger charge is -2.24. The van der Waals surface area contributed by atoms with E-state index in [9.17, 15) is 9.18 Å². The average molecular weight is 346 g/mol. The van der Waals surface area contributed by atoms with E-state index >= 15 is 0 Å². The molecular weight excluding hydrogens is 327 g/mol. The van der Waals surface area contributed by atoms with Crippen molar-refractivity contribution in [2.24, 2.45) is 0 Å². The van der Waals surface area contributed by atoms with Crippen molar-refractivity contribution in [3.05, 3.63) is 58.3 Å². The SMILES string of the molecule is O=C(/C=C/c1nccs1)N(Cc1cccc(F)c1)CC1CCCO1. The summed E-state index contributed by atoms with van der Waals surface area (Å²) in [6.45, 7) is 1.61. The molecule has 1 saturated heterocycles. The van der Waals surface area contributed by atoms with Gasteiger partial charge in [-0.05, 0) is 36.6 Å². The van der Waals surface area contributed by atoms with Gasteiger partial charge >= 0.3 is 0 Å². The van der Waals surface area contributed by atoms with Crippen LogP contribution < -0.4 is 0 Å². The molecule has 2 aromatic rings. The Balaban J connectivity index is 1.71. The van der Waals surface area contributed by atoms with Crippen LogP contribution in [0.15, 0.2) is 41.9 Å². The second-order valence-corrected chi connectivity index (χ2v) is 6.61. The van der Waals surface area contributed by atoms with E-state index in [1.54, 1.807) is 23.2 Å².